The van der Waals surface area contributed by atoms with Crippen molar-refractivity contribution in [3.05, 3.63) is 29.8 Å². The molecule has 4 nitrogen and oxygen atoms in total. The maximum atomic E-state index is 10.4. The molecule has 1 aromatic rings. The molecule has 21 heavy (non-hydrogen) atoms. The molecule has 2 atom stereocenters. The SMILES string of the molecule is COCCC(C)(O)CNC(c1ccc(OC)cc1)C1CC1. The molecule has 1 aliphatic rings. The van der Waals surface area contributed by atoms with Gasteiger partial charge in [0.2, 0.25) is 0 Å². The number of methoxy groups -OCH3 is 2. The van der Waals surface area contributed by atoms with Crippen LogP contribution in [-0.2, 0) is 4.74 Å². The van der Waals surface area contributed by atoms with Crippen molar-refractivity contribution in [3.8, 4) is 5.75 Å². The number of aliphatic hydroxyl groups is 1. The average Bonchev–Trinajstić information content (AvgIpc) is 3.31. The Hall–Kier alpha value is -1.10. The second kappa shape index (κ2) is 7.25. The van der Waals surface area contributed by atoms with Crippen molar-refractivity contribution in [2.45, 2.75) is 37.8 Å². The number of hydrogen-bond acceptors (Lipinski definition) is 4. The van der Waals surface area contributed by atoms with Crippen molar-refractivity contribution < 1.29 is 14.6 Å². The molecule has 4 heteroatoms. The zero-order valence-corrected chi connectivity index (χ0v) is 13.3. The quantitative estimate of drug-likeness (QED) is 0.734. The van der Waals surface area contributed by atoms with Gasteiger partial charge in [-0.05, 0) is 43.4 Å². The molecule has 0 spiro atoms. The van der Waals surface area contributed by atoms with Gasteiger partial charge in [-0.2, -0.15) is 0 Å². The van der Waals surface area contributed by atoms with Crippen LogP contribution in [0.3, 0.4) is 0 Å². The monoisotopic (exact) mass is 293 g/mol. The molecule has 118 valence electrons. The summed E-state index contributed by atoms with van der Waals surface area (Å²) in [4.78, 5) is 0. The van der Waals surface area contributed by atoms with Crippen LogP contribution in [0.1, 0.15) is 37.8 Å². The molecule has 0 saturated heterocycles. The van der Waals surface area contributed by atoms with Crippen molar-refractivity contribution >= 4 is 0 Å². The minimum absolute atomic E-state index is 0.310. The summed E-state index contributed by atoms with van der Waals surface area (Å²) < 4.78 is 10.3. The summed E-state index contributed by atoms with van der Waals surface area (Å²) in [5.74, 6) is 1.55. The van der Waals surface area contributed by atoms with Gasteiger partial charge >= 0.3 is 0 Å². The highest BCUT2D eigenvalue weighted by Crippen LogP contribution is 2.41. The Morgan fingerprint density at radius 1 is 1.29 bits per heavy atom. The van der Waals surface area contributed by atoms with Gasteiger partial charge in [0.1, 0.15) is 5.75 Å². The van der Waals surface area contributed by atoms with Gasteiger partial charge in [-0.3, -0.25) is 0 Å². The zero-order valence-electron chi connectivity index (χ0n) is 13.3. The third-order valence-corrected chi connectivity index (χ3v) is 4.12. The van der Waals surface area contributed by atoms with E-state index in [1.807, 2.05) is 19.1 Å². The minimum Gasteiger partial charge on any atom is -0.497 e. The average molecular weight is 293 g/mol. The molecule has 0 heterocycles. The fourth-order valence-electron chi connectivity index (χ4n) is 2.54. The van der Waals surface area contributed by atoms with Crippen LogP contribution in [0.25, 0.3) is 0 Å². The van der Waals surface area contributed by atoms with Crippen LogP contribution >= 0.6 is 0 Å². The van der Waals surface area contributed by atoms with Crippen LogP contribution in [0.2, 0.25) is 0 Å². The van der Waals surface area contributed by atoms with E-state index in [1.54, 1.807) is 14.2 Å². The summed E-state index contributed by atoms with van der Waals surface area (Å²) in [7, 11) is 3.34. The molecule has 0 aromatic heterocycles. The van der Waals surface area contributed by atoms with Crippen molar-refractivity contribution in [2.75, 3.05) is 27.4 Å². The lowest BCUT2D eigenvalue weighted by Crippen LogP contribution is -2.40. The van der Waals surface area contributed by atoms with Crippen molar-refractivity contribution in [3.63, 3.8) is 0 Å². The predicted octanol–water partition coefficient (Wildman–Crippen LogP) is 2.52. The van der Waals surface area contributed by atoms with E-state index in [0.717, 1.165) is 5.75 Å². The minimum atomic E-state index is -0.740. The van der Waals surface area contributed by atoms with E-state index in [4.69, 9.17) is 9.47 Å². The zero-order chi connectivity index (χ0) is 15.3. The normalized spacial score (nSPS) is 19.0. The van der Waals surface area contributed by atoms with Gasteiger partial charge < -0.3 is 19.9 Å². The number of hydrogen-bond donors (Lipinski definition) is 2. The first kappa shape index (κ1) is 16.3. The largest absolute Gasteiger partial charge is 0.497 e. The molecular formula is C17H27NO3. The van der Waals surface area contributed by atoms with Crippen LogP contribution in [0, 0.1) is 5.92 Å². The smallest absolute Gasteiger partial charge is 0.118 e. The number of rotatable bonds is 9. The Bertz CT molecular complexity index is 426. The van der Waals surface area contributed by atoms with E-state index >= 15 is 0 Å². The summed E-state index contributed by atoms with van der Waals surface area (Å²) in [5, 5.41) is 13.9. The maximum Gasteiger partial charge on any atom is 0.118 e. The highest BCUT2D eigenvalue weighted by atomic mass is 16.5. The van der Waals surface area contributed by atoms with Crippen LogP contribution in [0.15, 0.2) is 24.3 Å². The van der Waals surface area contributed by atoms with E-state index in [-0.39, 0.29) is 0 Å². The number of ether oxygens (including phenoxy) is 2. The lowest BCUT2D eigenvalue weighted by atomic mass is 9.98. The van der Waals surface area contributed by atoms with Gasteiger partial charge in [-0.1, -0.05) is 12.1 Å². The Balaban J connectivity index is 1.95. The molecule has 1 saturated carbocycles. The molecule has 0 amide bonds. The van der Waals surface area contributed by atoms with Crippen LogP contribution in [0.5, 0.6) is 5.75 Å². The molecule has 1 fully saturated rings. The Kier molecular flexibility index (Phi) is 5.62. The van der Waals surface area contributed by atoms with E-state index < -0.39 is 5.60 Å². The van der Waals surface area contributed by atoms with Gasteiger partial charge in [0.05, 0.1) is 12.7 Å². The van der Waals surface area contributed by atoms with Gasteiger partial charge in [0, 0.05) is 32.7 Å². The van der Waals surface area contributed by atoms with Crippen LogP contribution < -0.4 is 10.1 Å². The fraction of sp³-hybridized carbons (Fsp3) is 0.647. The molecule has 0 radical (unpaired) electrons. The standard InChI is InChI=1S/C17H27NO3/c1-17(19,10-11-20-2)12-18-16(13-4-5-13)14-6-8-15(21-3)9-7-14/h6-9,13,16,18-19H,4-5,10-12H2,1-3H3. The number of benzene rings is 1. The van der Waals surface area contributed by atoms with Crippen LogP contribution in [0.4, 0.5) is 0 Å². The summed E-state index contributed by atoms with van der Waals surface area (Å²) in [6.45, 7) is 3.01. The Morgan fingerprint density at radius 2 is 1.95 bits per heavy atom. The van der Waals surface area contributed by atoms with Gasteiger partial charge in [-0.25, -0.2) is 0 Å². The first-order chi connectivity index (χ1) is 10.1. The highest BCUT2D eigenvalue weighted by molar-refractivity contribution is 5.30. The van der Waals surface area contributed by atoms with Crippen molar-refractivity contribution in [1.82, 2.24) is 5.32 Å². The second-order valence-electron chi connectivity index (χ2n) is 6.21. The molecule has 2 unspecified atom stereocenters. The van der Waals surface area contributed by atoms with Gasteiger partial charge in [-0.15, -0.1) is 0 Å². The summed E-state index contributed by atoms with van der Waals surface area (Å²) in [5.41, 5.74) is 0.524. The van der Waals surface area contributed by atoms with Gasteiger partial charge in [0.15, 0.2) is 0 Å². The molecule has 0 bridgehead atoms. The second-order valence-corrected chi connectivity index (χ2v) is 6.21. The maximum absolute atomic E-state index is 10.4. The lowest BCUT2D eigenvalue weighted by molar-refractivity contribution is 0.0221. The number of nitrogens with one attached hydrogen (secondary N) is 1. The fourth-order valence-corrected chi connectivity index (χ4v) is 2.54. The van der Waals surface area contributed by atoms with Crippen molar-refractivity contribution in [1.29, 1.82) is 0 Å². The Labute approximate surface area is 127 Å². The van der Waals surface area contributed by atoms with Gasteiger partial charge in [0.25, 0.3) is 0 Å². The highest BCUT2D eigenvalue weighted by Gasteiger charge is 2.33. The lowest BCUT2D eigenvalue weighted by Gasteiger charge is -2.27. The molecular weight excluding hydrogens is 266 g/mol. The van der Waals surface area contributed by atoms with E-state index in [1.165, 1.54) is 18.4 Å². The summed E-state index contributed by atoms with van der Waals surface area (Å²) >= 11 is 0. The molecule has 2 rings (SSSR count). The van der Waals surface area contributed by atoms with E-state index in [9.17, 15) is 5.11 Å². The molecule has 1 aliphatic carbocycles. The van der Waals surface area contributed by atoms with E-state index in [2.05, 4.69) is 17.4 Å². The Morgan fingerprint density at radius 3 is 2.48 bits per heavy atom. The summed E-state index contributed by atoms with van der Waals surface area (Å²) in [6, 6.07) is 8.52. The third kappa shape index (κ3) is 4.99. The predicted molar refractivity (Wildman–Crippen MR) is 83.6 cm³/mol. The van der Waals surface area contributed by atoms with E-state index in [0.29, 0.717) is 31.5 Å². The summed E-state index contributed by atoms with van der Waals surface area (Å²) in [6.07, 6.45) is 3.14. The third-order valence-electron chi connectivity index (χ3n) is 4.12. The van der Waals surface area contributed by atoms with Crippen LogP contribution in [-0.4, -0.2) is 38.1 Å². The van der Waals surface area contributed by atoms with Crippen molar-refractivity contribution in [2.24, 2.45) is 5.92 Å². The molecule has 1 aromatic carbocycles. The molecule has 0 aliphatic heterocycles. The first-order valence-corrected chi connectivity index (χ1v) is 7.64. The first-order valence-electron chi connectivity index (χ1n) is 7.64. The molecule has 2 N–H and O–H groups in total. The topological polar surface area (TPSA) is 50.7 Å².